The van der Waals surface area contributed by atoms with E-state index in [9.17, 15) is 0 Å². The molecule has 6 heteroatoms. The first-order valence-corrected chi connectivity index (χ1v) is 6.85. The summed E-state index contributed by atoms with van der Waals surface area (Å²) in [4.78, 5) is 4.20. The summed E-state index contributed by atoms with van der Waals surface area (Å²) >= 11 is 12.0. The van der Waals surface area contributed by atoms with E-state index in [4.69, 9.17) is 32.5 Å². The molecule has 0 fully saturated rings. The Bertz CT molecular complexity index is 531. The number of halogens is 2. The van der Waals surface area contributed by atoms with Gasteiger partial charge >= 0.3 is 0 Å². The Morgan fingerprint density at radius 3 is 3.00 bits per heavy atom. The van der Waals surface area contributed by atoms with Crippen LogP contribution in [0.4, 0.5) is 0 Å². The van der Waals surface area contributed by atoms with Gasteiger partial charge in [0.05, 0.1) is 5.38 Å². The van der Waals surface area contributed by atoms with Gasteiger partial charge < -0.3 is 9.26 Å². The van der Waals surface area contributed by atoms with Crippen molar-refractivity contribution in [3.63, 3.8) is 0 Å². The van der Waals surface area contributed by atoms with Crippen LogP contribution in [0.2, 0.25) is 5.02 Å². The van der Waals surface area contributed by atoms with Gasteiger partial charge in [-0.1, -0.05) is 36.2 Å². The highest BCUT2D eigenvalue weighted by molar-refractivity contribution is 6.30. The minimum Gasteiger partial charge on any atom is -0.484 e. The molecule has 1 unspecified atom stereocenters. The molecule has 1 aromatic carbocycles. The lowest BCUT2D eigenvalue weighted by atomic mass is 10.2. The van der Waals surface area contributed by atoms with Crippen LogP contribution in [-0.2, 0) is 6.61 Å². The van der Waals surface area contributed by atoms with Crippen LogP contribution in [-0.4, -0.2) is 10.1 Å². The van der Waals surface area contributed by atoms with Crippen LogP contribution in [0.25, 0.3) is 0 Å². The van der Waals surface area contributed by atoms with Crippen molar-refractivity contribution in [1.29, 1.82) is 0 Å². The second-order valence-electron chi connectivity index (χ2n) is 4.05. The van der Waals surface area contributed by atoms with Gasteiger partial charge in [0.2, 0.25) is 0 Å². The van der Waals surface area contributed by atoms with E-state index in [0.717, 1.165) is 12.8 Å². The van der Waals surface area contributed by atoms with Gasteiger partial charge in [-0.2, -0.15) is 4.98 Å². The molecule has 19 heavy (non-hydrogen) atoms. The Labute approximate surface area is 121 Å². The fourth-order valence-corrected chi connectivity index (χ4v) is 2.03. The van der Waals surface area contributed by atoms with Crippen LogP contribution in [0.1, 0.15) is 36.9 Å². The molecule has 2 aromatic rings. The van der Waals surface area contributed by atoms with E-state index in [1.165, 1.54) is 0 Å². The summed E-state index contributed by atoms with van der Waals surface area (Å²) in [5, 5.41) is 4.24. The minimum atomic E-state index is -0.214. The normalized spacial score (nSPS) is 12.4. The monoisotopic (exact) mass is 300 g/mol. The highest BCUT2D eigenvalue weighted by atomic mass is 35.5. The average molecular weight is 301 g/mol. The zero-order chi connectivity index (χ0) is 13.7. The minimum absolute atomic E-state index is 0.197. The Morgan fingerprint density at radius 2 is 2.26 bits per heavy atom. The van der Waals surface area contributed by atoms with E-state index in [1.54, 1.807) is 12.1 Å². The van der Waals surface area contributed by atoms with Crippen LogP contribution in [0.3, 0.4) is 0 Å². The van der Waals surface area contributed by atoms with Crippen molar-refractivity contribution in [3.8, 4) is 5.75 Å². The van der Waals surface area contributed by atoms with E-state index < -0.39 is 0 Å². The maximum atomic E-state index is 6.11. The second kappa shape index (κ2) is 6.78. The third-order valence-electron chi connectivity index (χ3n) is 2.46. The van der Waals surface area contributed by atoms with Gasteiger partial charge in [0.15, 0.2) is 12.4 Å². The van der Waals surface area contributed by atoms with Crippen LogP contribution in [0, 0.1) is 0 Å². The van der Waals surface area contributed by atoms with Crippen LogP contribution in [0.15, 0.2) is 28.8 Å². The van der Waals surface area contributed by atoms with Crippen molar-refractivity contribution in [1.82, 2.24) is 10.1 Å². The standard InChI is InChI=1S/C13H14Cl2N2O2/c1-2-4-11(15)13-16-12(19-17-13)8-18-10-6-3-5-9(14)7-10/h3,5-7,11H,2,4,8H2,1H3. The second-order valence-corrected chi connectivity index (χ2v) is 5.01. The molecule has 0 saturated carbocycles. The number of aromatic nitrogens is 2. The van der Waals surface area contributed by atoms with Gasteiger partial charge in [-0.25, -0.2) is 0 Å². The molecule has 2 rings (SSSR count). The summed E-state index contributed by atoms with van der Waals surface area (Å²) in [5.41, 5.74) is 0. The largest absolute Gasteiger partial charge is 0.484 e. The van der Waals surface area contributed by atoms with Gasteiger partial charge in [0, 0.05) is 5.02 Å². The molecule has 0 radical (unpaired) electrons. The van der Waals surface area contributed by atoms with E-state index in [2.05, 4.69) is 17.1 Å². The molecule has 0 aliphatic rings. The van der Waals surface area contributed by atoms with E-state index in [-0.39, 0.29) is 12.0 Å². The Kier molecular flexibility index (Phi) is 5.05. The van der Waals surface area contributed by atoms with Gasteiger partial charge in [0.25, 0.3) is 5.89 Å². The number of hydrogen-bond acceptors (Lipinski definition) is 4. The number of rotatable bonds is 6. The predicted molar refractivity (Wildman–Crippen MR) is 73.6 cm³/mol. The van der Waals surface area contributed by atoms with Crippen molar-refractivity contribution in [2.24, 2.45) is 0 Å². The lowest BCUT2D eigenvalue weighted by Crippen LogP contribution is -1.97. The quantitative estimate of drug-likeness (QED) is 0.743. The van der Waals surface area contributed by atoms with Crippen molar-refractivity contribution < 1.29 is 9.26 Å². The summed E-state index contributed by atoms with van der Waals surface area (Å²) in [6.07, 6.45) is 1.78. The highest BCUT2D eigenvalue weighted by Gasteiger charge is 2.15. The third kappa shape index (κ3) is 4.11. The molecular weight excluding hydrogens is 287 g/mol. The Morgan fingerprint density at radius 1 is 1.42 bits per heavy atom. The van der Waals surface area contributed by atoms with Gasteiger partial charge in [-0.15, -0.1) is 11.6 Å². The number of ether oxygens (including phenoxy) is 1. The zero-order valence-electron chi connectivity index (χ0n) is 10.5. The molecule has 0 spiro atoms. The molecule has 0 amide bonds. The lowest BCUT2D eigenvalue weighted by molar-refractivity contribution is 0.242. The topological polar surface area (TPSA) is 48.2 Å². The first-order chi connectivity index (χ1) is 9.19. The molecule has 0 bridgehead atoms. The zero-order valence-corrected chi connectivity index (χ0v) is 12.0. The average Bonchev–Trinajstić information content (AvgIpc) is 2.86. The van der Waals surface area contributed by atoms with Crippen LogP contribution >= 0.6 is 23.2 Å². The third-order valence-corrected chi connectivity index (χ3v) is 3.11. The molecule has 0 aliphatic heterocycles. The number of benzene rings is 1. The summed E-state index contributed by atoms with van der Waals surface area (Å²) in [6, 6.07) is 7.12. The molecule has 0 N–H and O–H groups in total. The lowest BCUT2D eigenvalue weighted by Gasteiger charge is -2.02. The van der Waals surface area contributed by atoms with Crippen LogP contribution in [0.5, 0.6) is 5.75 Å². The smallest absolute Gasteiger partial charge is 0.264 e. The summed E-state index contributed by atoms with van der Waals surface area (Å²) < 4.78 is 10.6. The highest BCUT2D eigenvalue weighted by Crippen LogP contribution is 2.23. The van der Waals surface area contributed by atoms with Crippen molar-refractivity contribution in [2.45, 2.75) is 31.7 Å². The SMILES string of the molecule is CCCC(Cl)c1noc(COc2cccc(Cl)c2)n1. The van der Waals surface area contributed by atoms with Gasteiger partial charge in [-0.3, -0.25) is 0 Å². The molecular formula is C13H14Cl2N2O2. The Balaban J connectivity index is 1.93. The first-order valence-electron chi connectivity index (χ1n) is 6.04. The number of alkyl halides is 1. The maximum absolute atomic E-state index is 6.11. The first kappa shape index (κ1) is 14.2. The van der Waals surface area contributed by atoms with E-state index in [0.29, 0.717) is 22.5 Å². The fraction of sp³-hybridized carbons (Fsp3) is 0.385. The molecule has 1 heterocycles. The summed E-state index contributed by atoms with van der Waals surface area (Å²) in [5.74, 6) is 1.56. The maximum Gasteiger partial charge on any atom is 0.264 e. The predicted octanol–water partition coefficient (Wildman–Crippen LogP) is 4.38. The van der Waals surface area contributed by atoms with Crippen molar-refractivity contribution in [2.75, 3.05) is 0 Å². The summed E-state index contributed by atoms with van der Waals surface area (Å²) in [7, 11) is 0. The molecule has 0 aliphatic carbocycles. The number of nitrogens with zero attached hydrogens (tertiary/aromatic N) is 2. The van der Waals surface area contributed by atoms with E-state index >= 15 is 0 Å². The molecule has 1 atom stereocenters. The van der Waals surface area contributed by atoms with Crippen molar-refractivity contribution in [3.05, 3.63) is 41.0 Å². The fourth-order valence-electron chi connectivity index (χ4n) is 1.54. The molecule has 0 saturated heterocycles. The molecule has 1 aromatic heterocycles. The molecule has 102 valence electrons. The summed E-state index contributed by atoms with van der Waals surface area (Å²) in [6.45, 7) is 2.25. The molecule has 4 nitrogen and oxygen atoms in total. The van der Waals surface area contributed by atoms with Crippen molar-refractivity contribution >= 4 is 23.2 Å². The van der Waals surface area contributed by atoms with E-state index in [1.807, 2.05) is 12.1 Å². The van der Waals surface area contributed by atoms with Crippen LogP contribution < -0.4 is 4.74 Å². The Hall–Kier alpha value is -1.26. The number of hydrogen-bond donors (Lipinski definition) is 0. The van der Waals surface area contributed by atoms with Gasteiger partial charge in [0.1, 0.15) is 5.75 Å². The van der Waals surface area contributed by atoms with Gasteiger partial charge in [-0.05, 0) is 24.6 Å².